The number of piperidine rings is 1. The van der Waals surface area contributed by atoms with Crippen molar-refractivity contribution in [1.29, 1.82) is 0 Å². The van der Waals surface area contributed by atoms with Crippen molar-refractivity contribution in [3.8, 4) is 0 Å². The number of primary amides is 1. The minimum absolute atomic E-state index is 0.0477. The molecule has 0 aromatic carbocycles. The van der Waals surface area contributed by atoms with Crippen molar-refractivity contribution in [3.05, 3.63) is 0 Å². The van der Waals surface area contributed by atoms with Crippen molar-refractivity contribution < 1.29 is 24.0 Å². The third-order valence-corrected chi connectivity index (χ3v) is 10.3. The van der Waals surface area contributed by atoms with Crippen molar-refractivity contribution in [1.82, 2.24) is 20.9 Å². The van der Waals surface area contributed by atoms with Crippen LogP contribution < -0.4 is 21.7 Å². The van der Waals surface area contributed by atoms with Crippen LogP contribution in [-0.4, -0.2) is 64.6 Å². The molecule has 0 spiro atoms. The van der Waals surface area contributed by atoms with E-state index in [-0.39, 0.29) is 34.7 Å². The molecule has 10 nitrogen and oxygen atoms in total. The molecule has 5 atom stereocenters. The first-order valence-corrected chi connectivity index (χ1v) is 16.0. The van der Waals surface area contributed by atoms with E-state index in [4.69, 9.17) is 5.73 Å². The second-order valence-electron chi connectivity index (χ2n) is 13.9. The van der Waals surface area contributed by atoms with Gasteiger partial charge in [-0.2, -0.15) is 0 Å². The predicted molar refractivity (Wildman–Crippen MR) is 156 cm³/mol. The van der Waals surface area contributed by atoms with E-state index in [1.54, 1.807) is 4.90 Å². The minimum atomic E-state index is -1.06. The molecule has 0 aromatic rings. The Morgan fingerprint density at radius 3 is 2.02 bits per heavy atom. The van der Waals surface area contributed by atoms with E-state index in [1.165, 1.54) is 6.42 Å². The normalized spacial score (nSPS) is 32.5. The largest absolute Gasteiger partial charge is 0.363 e. The Kier molecular flexibility index (Phi) is 10.0. The summed E-state index contributed by atoms with van der Waals surface area (Å²) >= 11 is 0. The molecule has 2 saturated heterocycles. The summed E-state index contributed by atoms with van der Waals surface area (Å²) in [5.41, 5.74) is 4.93. The van der Waals surface area contributed by atoms with E-state index in [0.29, 0.717) is 25.8 Å². The molecule has 10 heteroatoms. The molecule has 0 bridgehead atoms. The van der Waals surface area contributed by atoms with Crippen LogP contribution in [0.4, 0.5) is 4.79 Å². The average molecular weight is 574 g/mol. The van der Waals surface area contributed by atoms with Gasteiger partial charge in [0.15, 0.2) is 0 Å². The fourth-order valence-electron chi connectivity index (χ4n) is 7.65. The van der Waals surface area contributed by atoms with Gasteiger partial charge in [-0.15, -0.1) is 0 Å². The van der Waals surface area contributed by atoms with Gasteiger partial charge in [-0.05, 0) is 49.9 Å². The zero-order valence-electron chi connectivity index (χ0n) is 25.3. The number of hydrogen-bond donors (Lipinski definition) is 4. The summed E-state index contributed by atoms with van der Waals surface area (Å²) in [6.07, 6.45) is 13.6. The molecule has 0 radical (unpaired) electrons. The van der Waals surface area contributed by atoms with Crippen molar-refractivity contribution in [3.63, 3.8) is 0 Å². The highest BCUT2D eigenvalue weighted by molar-refractivity contribution is 6.37. The lowest BCUT2D eigenvalue weighted by Crippen LogP contribution is -2.60. The highest BCUT2D eigenvalue weighted by Crippen LogP contribution is 2.65. The topological polar surface area (TPSA) is 151 Å². The zero-order valence-corrected chi connectivity index (χ0v) is 25.3. The number of carbonyl (C=O) groups is 5. The van der Waals surface area contributed by atoms with E-state index in [2.05, 4.69) is 36.7 Å². The zero-order chi connectivity index (χ0) is 29.8. The number of urea groups is 1. The molecule has 5 N–H and O–H groups in total. The van der Waals surface area contributed by atoms with Crippen molar-refractivity contribution in [2.75, 3.05) is 6.54 Å². The molecule has 2 heterocycles. The smallest absolute Gasteiger partial charge is 0.315 e. The Balaban J connectivity index is 1.55. The number of nitrogens with two attached hydrogens (primary N) is 1. The Bertz CT molecular complexity index is 1010. The third kappa shape index (κ3) is 7.41. The van der Waals surface area contributed by atoms with Crippen LogP contribution in [0.3, 0.4) is 0 Å². The van der Waals surface area contributed by atoms with Crippen LogP contribution in [0, 0.1) is 17.3 Å². The first kappa shape index (κ1) is 31.3. The minimum Gasteiger partial charge on any atom is -0.363 e. The molecule has 0 unspecified atom stereocenters. The number of hydrogen-bond acceptors (Lipinski definition) is 5. The van der Waals surface area contributed by atoms with E-state index in [0.717, 1.165) is 70.6 Å². The summed E-state index contributed by atoms with van der Waals surface area (Å²) in [5, 5.41) is 8.93. The number of rotatable bonds is 4. The molecular formula is C31H51N5O5. The highest BCUT2D eigenvalue weighted by Gasteiger charge is 2.69. The van der Waals surface area contributed by atoms with Gasteiger partial charge in [-0.25, -0.2) is 4.79 Å². The summed E-state index contributed by atoms with van der Waals surface area (Å²) < 4.78 is 0. The highest BCUT2D eigenvalue weighted by atomic mass is 16.2. The molecule has 2 aliphatic carbocycles. The average Bonchev–Trinajstić information content (AvgIpc) is 3.22. The van der Waals surface area contributed by atoms with E-state index in [9.17, 15) is 24.0 Å². The van der Waals surface area contributed by atoms with Crippen molar-refractivity contribution in [2.24, 2.45) is 23.0 Å². The molecule has 4 aliphatic rings. The lowest BCUT2D eigenvalue weighted by Gasteiger charge is -2.36. The van der Waals surface area contributed by atoms with Crippen LogP contribution >= 0.6 is 0 Å². The van der Waals surface area contributed by atoms with Crippen LogP contribution in [-0.2, 0) is 19.2 Å². The Morgan fingerprint density at radius 1 is 0.854 bits per heavy atom. The van der Waals surface area contributed by atoms with Gasteiger partial charge >= 0.3 is 6.03 Å². The standard InChI is InChI=1S/C31H51N5O5/c1-30(2)20-19-36-24(23(20)30)27(39)33-21(25(37)26(32)38)15-11-8-6-4-5-7-9-12-16-22(28(36)40)34-29(41)35-31(3)17-13-10-14-18-31/h20-24H,4-19H2,1-3H3,(H2,32,38)(H,33,39)(H2,34,35,41)/t20-,21+,22+,23-,24-/m0/s1. The van der Waals surface area contributed by atoms with Gasteiger partial charge in [0.1, 0.15) is 12.1 Å². The van der Waals surface area contributed by atoms with Crippen LogP contribution in [0.15, 0.2) is 0 Å². The maximum absolute atomic E-state index is 14.1. The fraction of sp³-hybridized carbons (Fsp3) is 0.839. The second-order valence-corrected chi connectivity index (χ2v) is 13.9. The van der Waals surface area contributed by atoms with Crippen LogP contribution in [0.1, 0.15) is 117 Å². The second kappa shape index (κ2) is 13.1. The molecule has 230 valence electrons. The van der Waals surface area contributed by atoms with Gasteiger partial charge < -0.3 is 26.6 Å². The van der Waals surface area contributed by atoms with Crippen LogP contribution in [0.5, 0.6) is 0 Å². The van der Waals surface area contributed by atoms with Gasteiger partial charge in [0.25, 0.3) is 5.91 Å². The van der Waals surface area contributed by atoms with Crippen molar-refractivity contribution >= 4 is 29.5 Å². The van der Waals surface area contributed by atoms with Crippen molar-refractivity contribution in [2.45, 2.75) is 141 Å². The summed E-state index contributed by atoms with van der Waals surface area (Å²) in [7, 11) is 0. The Hall–Kier alpha value is -2.65. The summed E-state index contributed by atoms with van der Waals surface area (Å²) in [4.78, 5) is 67.1. The molecule has 2 saturated carbocycles. The van der Waals surface area contributed by atoms with Gasteiger partial charge in [0.2, 0.25) is 17.6 Å². The Morgan fingerprint density at radius 2 is 1.41 bits per heavy atom. The number of amides is 5. The number of fused-ring (bicyclic) bond motifs is 3. The molecule has 41 heavy (non-hydrogen) atoms. The first-order chi connectivity index (χ1) is 19.4. The maximum Gasteiger partial charge on any atom is 0.315 e. The summed E-state index contributed by atoms with van der Waals surface area (Å²) in [6.45, 7) is 6.69. The molecule has 0 aromatic heterocycles. The number of nitrogens with zero attached hydrogens (tertiary/aromatic N) is 1. The van der Waals surface area contributed by atoms with Gasteiger partial charge in [-0.3, -0.25) is 19.2 Å². The van der Waals surface area contributed by atoms with Gasteiger partial charge in [0.05, 0.1) is 6.04 Å². The maximum atomic E-state index is 14.1. The first-order valence-electron chi connectivity index (χ1n) is 16.0. The monoisotopic (exact) mass is 573 g/mol. The number of Topliss-reactive ketones (excluding diaryl/α,β-unsaturated/α-hetero) is 1. The Labute approximate surface area is 244 Å². The molecular weight excluding hydrogens is 522 g/mol. The third-order valence-electron chi connectivity index (χ3n) is 10.3. The molecule has 2 aliphatic heterocycles. The van der Waals surface area contributed by atoms with Gasteiger partial charge in [-0.1, -0.05) is 84.5 Å². The quantitative estimate of drug-likeness (QED) is 0.381. The summed E-state index contributed by atoms with van der Waals surface area (Å²) in [6, 6.07) is -2.83. The number of nitrogens with one attached hydrogen (secondary N) is 3. The SMILES string of the molecule is CC1(NC(=O)N[C@@H]2CCCCCCCCCC[C@H](C(=O)C(N)=O)NC(=O)[C@@H]3[C@@H]4[C@H](CN3C2=O)C4(C)C)CCCCC1. The number of carbonyl (C=O) groups excluding carboxylic acids is 5. The molecule has 4 rings (SSSR count). The van der Waals surface area contributed by atoms with E-state index < -0.39 is 35.7 Å². The fourth-order valence-corrected chi connectivity index (χ4v) is 7.65. The molecule has 4 fully saturated rings. The lowest BCUT2D eigenvalue weighted by atomic mass is 9.83. The predicted octanol–water partition coefficient (Wildman–Crippen LogP) is 3.31. The molecule has 5 amide bonds. The number of ketones is 1. The van der Waals surface area contributed by atoms with E-state index >= 15 is 0 Å². The van der Waals surface area contributed by atoms with Crippen LogP contribution in [0.2, 0.25) is 0 Å². The lowest BCUT2D eigenvalue weighted by molar-refractivity contribution is -0.143. The summed E-state index contributed by atoms with van der Waals surface area (Å²) in [5.74, 6) is -2.42. The van der Waals surface area contributed by atoms with Crippen LogP contribution in [0.25, 0.3) is 0 Å². The van der Waals surface area contributed by atoms with E-state index in [1.807, 2.05) is 0 Å². The van der Waals surface area contributed by atoms with Gasteiger partial charge in [0, 0.05) is 12.1 Å².